The standard InChI is InChI=1S/C18H18N2O4/c1-11(24-17(19)21)20(18(22)23-2)16-14-9-5-3-7-12(14)13-8-4-6-10-15(13)16/h3-11,16H,1-2H3,(H2,19,21). The van der Waals surface area contributed by atoms with E-state index in [1.807, 2.05) is 48.5 Å². The van der Waals surface area contributed by atoms with E-state index in [-0.39, 0.29) is 0 Å². The number of hydrogen-bond donors (Lipinski definition) is 1. The number of nitrogens with zero attached hydrogens (tertiary/aromatic N) is 1. The van der Waals surface area contributed by atoms with Gasteiger partial charge in [0.15, 0.2) is 6.23 Å². The Hall–Kier alpha value is -3.02. The van der Waals surface area contributed by atoms with Crippen LogP contribution in [0.4, 0.5) is 9.59 Å². The third-order valence-electron chi connectivity index (χ3n) is 4.14. The van der Waals surface area contributed by atoms with Gasteiger partial charge in [-0.1, -0.05) is 48.5 Å². The molecule has 0 spiro atoms. The topological polar surface area (TPSA) is 81.9 Å². The molecule has 6 nitrogen and oxygen atoms in total. The van der Waals surface area contributed by atoms with Crippen LogP contribution in [0, 0.1) is 0 Å². The summed E-state index contributed by atoms with van der Waals surface area (Å²) >= 11 is 0. The zero-order chi connectivity index (χ0) is 17.3. The van der Waals surface area contributed by atoms with Gasteiger partial charge in [0.2, 0.25) is 0 Å². The highest BCUT2D eigenvalue weighted by atomic mass is 16.6. The largest absolute Gasteiger partial charge is 0.453 e. The number of primary amides is 1. The highest BCUT2D eigenvalue weighted by Gasteiger charge is 2.39. The molecule has 1 aliphatic carbocycles. The van der Waals surface area contributed by atoms with Gasteiger partial charge < -0.3 is 15.2 Å². The van der Waals surface area contributed by atoms with Crippen LogP contribution in [-0.2, 0) is 9.47 Å². The molecule has 2 aromatic rings. The zero-order valence-corrected chi connectivity index (χ0v) is 13.4. The van der Waals surface area contributed by atoms with Crippen molar-refractivity contribution in [1.82, 2.24) is 4.90 Å². The Labute approximate surface area is 139 Å². The minimum absolute atomic E-state index is 0.417. The zero-order valence-electron chi connectivity index (χ0n) is 13.4. The highest BCUT2D eigenvalue weighted by Crippen LogP contribution is 2.46. The number of ether oxygens (including phenoxy) is 2. The number of methoxy groups -OCH3 is 1. The average molecular weight is 326 g/mol. The van der Waals surface area contributed by atoms with Gasteiger partial charge in [0, 0.05) is 0 Å². The summed E-state index contributed by atoms with van der Waals surface area (Å²) in [6.07, 6.45) is -2.42. The van der Waals surface area contributed by atoms with Crippen LogP contribution >= 0.6 is 0 Å². The Morgan fingerprint density at radius 1 is 1.04 bits per heavy atom. The number of rotatable bonds is 3. The van der Waals surface area contributed by atoms with Gasteiger partial charge >= 0.3 is 12.2 Å². The van der Waals surface area contributed by atoms with Crippen LogP contribution in [0.1, 0.15) is 24.1 Å². The minimum atomic E-state index is -0.948. The maximum atomic E-state index is 12.4. The van der Waals surface area contributed by atoms with Crippen LogP contribution in [0.25, 0.3) is 11.1 Å². The van der Waals surface area contributed by atoms with E-state index in [0.717, 1.165) is 22.3 Å². The van der Waals surface area contributed by atoms with Crippen molar-refractivity contribution < 1.29 is 19.1 Å². The van der Waals surface area contributed by atoms with Crippen molar-refractivity contribution >= 4 is 12.2 Å². The Bertz CT molecular complexity index is 745. The molecule has 2 N–H and O–H groups in total. The first kappa shape index (κ1) is 15.9. The van der Waals surface area contributed by atoms with Gasteiger partial charge in [-0.3, -0.25) is 4.90 Å². The molecule has 0 saturated heterocycles. The molecule has 24 heavy (non-hydrogen) atoms. The second-order valence-corrected chi connectivity index (χ2v) is 5.49. The fourth-order valence-electron chi connectivity index (χ4n) is 3.22. The van der Waals surface area contributed by atoms with E-state index in [1.54, 1.807) is 6.92 Å². The van der Waals surface area contributed by atoms with Crippen LogP contribution < -0.4 is 5.73 Å². The summed E-state index contributed by atoms with van der Waals surface area (Å²) in [7, 11) is 1.29. The molecule has 1 unspecified atom stereocenters. The number of amides is 2. The van der Waals surface area contributed by atoms with Crippen LogP contribution in [0.3, 0.4) is 0 Å². The van der Waals surface area contributed by atoms with E-state index in [9.17, 15) is 9.59 Å². The fraction of sp³-hybridized carbons (Fsp3) is 0.222. The van der Waals surface area contributed by atoms with E-state index in [2.05, 4.69) is 0 Å². The summed E-state index contributed by atoms with van der Waals surface area (Å²) in [4.78, 5) is 24.9. The number of carbonyl (C=O) groups excluding carboxylic acids is 2. The molecule has 6 heteroatoms. The molecule has 124 valence electrons. The molecule has 0 aromatic heterocycles. The fourth-order valence-corrected chi connectivity index (χ4v) is 3.22. The molecular weight excluding hydrogens is 308 g/mol. The second-order valence-electron chi connectivity index (χ2n) is 5.49. The monoisotopic (exact) mass is 326 g/mol. The maximum Gasteiger partial charge on any atom is 0.413 e. The van der Waals surface area contributed by atoms with Crippen molar-refractivity contribution in [3.63, 3.8) is 0 Å². The van der Waals surface area contributed by atoms with Crippen molar-refractivity contribution in [3.8, 4) is 11.1 Å². The Morgan fingerprint density at radius 2 is 1.54 bits per heavy atom. The summed E-state index contributed by atoms with van der Waals surface area (Å²) < 4.78 is 9.95. The van der Waals surface area contributed by atoms with Crippen molar-refractivity contribution in [3.05, 3.63) is 59.7 Å². The highest BCUT2D eigenvalue weighted by molar-refractivity contribution is 5.81. The lowest BCUT2D eigenvalue weighted by Gasteiger charge is -2.33. The quantitative estimate of drug-likeness (QED) is 0.878. The molecule has 0 heterocycles. The summed E-state index contributed by atoms with van der Waals surface area (Å²) in [6, 6.07) is 15.2. The third-order valence-corrected chi connectivity index (χ3v) is 4.14. The molecular formula is C18H18N2O4. The first-order valence-electron chi connectivity index (χ1n) is 7.55. The summed E-state index contributed by atoms with van der Waals surface area (Å²) in [6.45, 7) is 1.59. The maximum absolute atomic E-state index is 12.4. The SMILES string of the molecule is COC(=O)N(C(C)OC(N)=O)C1c2ccccc2-c2ccccc21. The number of nitrogens with two attached hydrogens (primary N) is 1. The Balaban J connectivity index is 2.13. The molecule has 1 aliphatic rings. The van der Waals surface area contributed by atoms with E-state index < -0.39 is 24.5 Å². The van der Waals surface area contributed by atoms with Crippen LogP contribution in [0.2, 0.25) is 0 Å². The number of fused-ring (bicyclic) bond motifs is 3. The molecule has 1 atom stereocenters. The lowest BCUT2D eigenvalue weighted by atomic mass is 10.0. The lowest BCUT2D eigenvalue weighted by molar-refractivity contribution is -0.00819. The Kier molecular flexibility index (Phi) is 4.12. The smallest absolute Gasteiger partial charge is 0.413 e. The van der Waals surface area contributed by atoms with Crippen molar-refractivity contribution in [1.29, 1.82) is 0 Å². The normalized spacial score (nSPS) is 13.6. The Morgan fingerprint density at radius 3 is 2.00 bits per heavy atom. The van der Waals surface area contributed by atoms with Crippen LogP contribution in [0.5, 0.6) is 0 Å². The molecule has 2 amide bonds. The van der Waals surface area contributed by atoms with Gasteiger partial charge in [-0.25, -0.2) is 9.59 Å². The molecule has 0 fully saturated rings. The first-order valence-corrected chi connectivity index (χ1v) is 7.55. The van der Waals surface area contributed by atoms with Gasteiger partial charge in [-0.2, -0.15) is 0 Å². The summed E-state index contributed by atoms with van der Waals surface area (Å²) in [5, 5.41) is 0. The van der Waals surface area contributed by atoms with Gasteiger partial charge in [0.25, 0.3) is 0 Å². The predicted molar refractivity (Wildman–Crippen MR) is 88.1 cm³/mol. The third kappa shape index (κ3) is 2.56. The van der Waals surface area contributed by atoms with E-state index in [1.165, 1.54) is 12.0 Å². The van der Waals surface area contributed by atoms with Gasteiger partial charge in [0.05, 0.1) is 13.2 Å². The van der Waals surface area contributed by atoms with Crippen molar-refractivity contribution in [2.24, 2.45) is 5.73 Å². The summed E-state index contributed by atoms with van der Waals surface area (Å²) in [5.41, 5.74) is 9.10. The van der Waals surface area contributed by atoms with Crippen LogP contribution in [-0.4, -0.2) is 30.4 Å². The van der Waals surface area contributed by atoms with Gasteiger partial charge in [-0.15, -0.1) is 0 Å². The van der Waals surface area contributed by atoms with Crippen LogP contribution in [0.15, 0.2) is 48.5 Å². The molecule has 2 aromatic carbocycles. The molecule has 3 rings (SSSR count). The first-order chi connectivity index (χ1) is 11.5. The molecule has 0 radical (unpaired) electrons. The number of hydrogen-bond acceptors (Lipinski definition) is 4. The minimum Gasteiger partial charge on any atom is -0.453 e. The molecule has 0 bridgehead atoms. The van der Waals surface area contributed by atoms with E-state index >= 15 is 0 Å². The van der Waals surface area contributed by atoms with E-state index in [4.69, 9.17) is 15.2 Å². The number of carbonyl (C=O) groups is 2. The average Bonchev–Trinajstić information content (AvgIpc) is 2.89. The lowest BCUT2D eigenvalue weighted by Crippen LogP contribution is -2.44. The van der Waals surface area contributed by atoms with Crippen molar-refractivity contribution in [2.75, 3.05) is 7.11 Å². The summed E-state index contributed by atoms with van der Waals surface area (Å²) in [5.74, 6) is 0. The predicted octanol–water partition coefficient (Wildman–Crippen LogP) is 3.27. The molecule has 0 aliphatic heterocycles. The van der Waals surface area contributed by atoms with Gasteiger partial charge in [0.1, 0.15) is 0 Å². The number of benzene rings is 2. The molecule has 0 saturated carbocycles. The van der Waals surface area contributed by atoms with Gasteiger partial charge in [-0.05, 0) is 29.2 Å². The van der Waals surface area contributed by atoms with Crippen molar-refractivity contribution in [2.45, 2.75) is 19.2 Å². The second kappa shape index (κ2) is 6.23. The van der Waals surface area contributed by atoms with E-state index in [0.29, 0.717) is 0 Å².